The van der Waals surface area contributed by atoms with Gasteiger partial charge >= 0.3 is 10.8 Å². The molecule has 0 unspecified atom stereocenters. The molecule has 0 aliphatic carbocycles. The Kier molecular flexibility index (Phi) is 6.60. The highest BCUT2D eigenvalue weighted by Gasteiger charge is 2.15. The van der Waals surface area contributed by atoms with Crippen LogP contribution < -0.4 is 4.87 Å². The first-order valence-corrected chi connectivity index (χ1v) is 11.3. The first kappa shape index (κ1) is 23.0. The number of carboxylic acid groups (broad SMARTS) is 1. The lowest BCUT2D eigenvalue weighted by molar-refractivity contribution is 0.0695. The Morgan fingerprint density at radius 1 is 0.941 bits per heavy atom. The van der Waals surface area contributed by atoms with Crippen molar-refractivity contribution in [2.75, 3.05) is 7.05 Å². The summed E-state index contributed by atoms with van der Waals surface area (Å²) in [5, 5.41) is 18.8. The van der Waals surface area contributed by atoms with E-state index in [4.69, 9.17) is 5.11 Å². The van der Waals surface area contributed by atoms with E-state index in [0.717, 1.165) is 33.6 Å². The minimum Gasteiger partial charge on any atom is -0.494 e. The Morgan fingerprint density at radius 3 is 2.21 bits per heavy atom. The summed E-state index contributed by atoms with van der Waals surface area (Å²) in [5.74, 6) is -1.32. The molecule has 0 saturated heterocycles. The standard InChI is InChI=1S/C26H22N2O5S/c1-28(24(30)18-10-12-19(13-11-18)25(31)32)15-20-4-2-3-5-21(20)17-8-6-16(7-9-17)14-22-23(29)27-26(33)34-22/h2-13,29H,14-15H2,1H3,(H,27,33)(H,31,32). The monoisotopic (exact) mass is 474 g/mol. The van der Waals surface area contributed by atoms with E-state index in [-0.39, 0.29) is 22.2 Å². The number of H-pyrrole nitrogens is 1. The summed E-state index contributed by atoms with van der Waals surface area (Å²) in [6.07, 6.45) is 0.453. The summed E-state index contributed by atoms with van der Waals surface area (Å²) in [5.41, 5.74) is 4.46. The van der Waals surface area contributed by atoms with E-state index in [1.165, 1.54) is 24.3 Å². The van der Waals surface area contributed by atoms with Crippen LogP contribution >= 0.6 is 11.3 Å². The van der Waals surface area contributed by atoms with E-state index in [1.807, 2.05) is 48.5 Å². The first-order valence-electron chi connectivity index (χ1n) is 10.5. The number of carboxylic acids is 1. The molecule has 3 N–H and O–H groups in total. The summed E-state index contributed by atoms with van der Waals surface area (Å²) in [7, 11) is 1.71. The van der Waals surface area contributed by atoms with Crippen LogP contribution in [0, 0.1) is 0 Å². The number of nitrogens with zero attached hydrogens (tertiary/aromatic N) is 1. The zero-order chi connectivity index (χ0) is 24.2. The number of thiazole rings is 1. The van der Waals surface area contributed by atoms with Crippen molar-refractivity contribution in [1.29, 1.82) is 0 Å². The Hall–Kier alpha value is -4.17. The first-order chi connectivity index (χ1) is 16.3. The quantitative estimate of drug-likeness (QED) is 0.368. The third kappa shape index (κ3) is 5.07. The van der Waals surface area contributed by atoms with Gasteiger partial charge in [0.15, 0.2) is 0 Å². The van der Waals surface area contributed by atoms with Gasteiger partial charge in [0, 0.05) is 25.6 Å². The number of carbonyl (C=O) groups is 2. The van der Waals surface area contributed by atoms with E-state index in [9.17, 15) is 19.5 Å². The molecule has 1 aromatic heterocycles. The third-order valence-corrected chi connectivity index (χ3v) is 6.35. The van der Waals surface area contributed by atoms with Crippen LogP contribution in [0.2, 0.25) is 0 Å². The van der Waals surface area contributed by atoms with Gasteiger partial charge in [-0.05, 0) is 46.5 Å². The zero-order valence-electron chi connectivity index (χ0n) is 18.3. The van der Waals surface area contributed by atoms with E-state index < -0.39 is 5.97 Å². The van der Waals surface area contributed by atoms with Crippen LogP contribution in [0.25, 0.3) is 11.1 Å². The molecule has 4 aromatic rings. The second-order valence-corrected chi connectivity index (χ2v) is 8.93. The lowest BCUT2D eigenvalue weighted by atomic mass is 9.97. The van der Waals surface area contributed by atoms with Crippen LogP contribution in [0.4, 0.5) is 0 Å². The molecule has 1 heterocycles. The Balaban J connectivity index is 1.51. The maximum absolute atomic E-state index is 12.9. The van der Waals surface area contributed by atoms with Crippen LogP contribution in [0.3, 0.4) is 0 Å². The molecule has 0 atom stereocenters. The smallest absolute Gasteiger partial charge is 0.335 e. The molecule has 0 bridgehead atoms. The molecule has 0 aliphatic heterocycles. The fourth-order valence-electron chi connectivity index (χ4n) is 3.70. The van der Waals surface area contributed by atoms with Crippen molar-refractivity contribution in [3.05, 3.63) is 110 Å². The van der Waals surface area contributed by atoms with Gasteiger partial charge in [0.05, 0.1) is 10.4 Å². The van der Waals surface area contributed by atoms with Gasteiger partial charge in [0.1, 0.15) is 0 Å². The fourth-order valence-corrected chi connectivity index (χ4v) is 4.46. The SMILES string of the molecule is CN(Cc1ccccc1-c1ccc(Cc2sc(=O)[nH]c2O)cc1)C(=O)c1ccc(C(=O)O)cc1. The predicted octanol–water partition coefficient (Wildman–Crippen LogP) is 4.37. The van der Waals surface area contributed by atoms with Crippen molar-refractivity contribution >= 4 is 23.2 Å². The summed E-state index contributed by atoms with van der Waals surface area (Å²) in [6, 6.07) is 21.6. The normalized spacial score (nSPS) is 10.7. The maximum atomic E-state index is 12.9. The fraction of sp³-hybridized carbons (Fsp3) is 0.115. The van der Waals surface area contributed by atoms with Crippen molar-refractivity contribution < 1.29 is 19.8 Å². The average molecular weight is 475 g/mol. The maximum Gasteiger partial charge on any atom is 0.335 e. The van der Waals surface area contributed by atoms with E-state index in [2.05, 4.69) is 4.98 Å². The number of aromatic amines is 1. The number of benzene rings is 3. The average Bonchev–Trinajstić information content (AvgIpc) is 3.15. The molecule has 0 saturated carbocycles. The lowest BCUT2D eigenvalue weighted by Crippen LogP contribution is -2.26. The molecule has 34 heavy (non-hydrogen) atoms. The van der Waals surface area contributed by atoms with Crippen LogP contribution in [0.1, 0.15) is 36.7 Å². The van der Waals surface area contributed by atoms with E-state index >= 15 is 0 Å². The van der Waals surface area contributed by atoms with Crippen LogP contribution in [-0.2, 0) is 13.0 Å². The highest BCUT2D eigenvalue weighted by molar-refractivity contribution is 7.09. The number of amides is 1. The van der Waals surface area contributed by atoms with Gasteiger partial charge in [-0.3, -0.25) is 14.6 Å². The summed E-state index contributed by atoms with van der Waals surface area (Å²) in [6.45, 7) is 0.378. The zero-order valence-corrected chi connectivity index (χ0v) is 19.1. The lowest BCUT2D eigenvalue weighted by Gasteiger charge is -2.20. The number of aromatic nitrogens is 1. The molecule has 0 spiro atoms. The molecule has 1 amide bonds. The molecule has 0 fully saturated rings. The van der Waals surface area contributed by atoms with Crippen molar-refractivity contribution in [3.63, 3.8) is 0 Å². The number of carbonyl (C=O) groups excluding carboxylic acids is 1. The number of aromatic carboxylic acids is 1. The van der Waals surface area contributed by atoms with Crippen molar-refractivity contribution in [3.8, 4) is 17.0 Å². The largest absolute Gasteiger partial charge is 0.494 e. The second kappa shape index (κ2) is 9.76. The molecule has 3 aromatic carbocycles. The minimum atomic E-state index is -1.03. The number of hydrogen-bond acceptors (Lipinski definition) is 5. The second-order valence-electron chi connectivity index (χ2n) is 7.86. The Morgan fingerprint density at radius 2 is 1.59 bits per heavy atom. The summed E-state index contributed by atoms with van der Waals surface area (Å²) in [4.78, 5) is 39.6. The molecule has 8 heteroatoms. The number of hydrogen-bond donors (Lipinski definition) is 3. The third-order valence-electron chi connectivity index (χ3n) is 5.48. The predicted molar refractivity (Wildman–Crippen MR) is 130 cm³/mol. The number of nitrogens with one attached hydrogen (secondary N) is 1. The molecular weight excluding hydrogens is 452 g/mol. The molecule has 0 radical (unpaired) electrons. The Bertz CT molecular complexity index is 1390. The Labute approximate surface area is 199 Å². The van der Waals surface area contributed by atoms with Crippen LogP contribution in [-0.4, -0.2) is 39.0 Å². The number of aromatic hydroxyl groups is 1. The summed E-state index contributed by atoms with van der Waals surface area (Å²) >= 11 is 0.994. The highest BCUT2D eigenvalue weighted by Crippen LogP contribution is 2.27. The topological polar surface area (TPSA) is 111 Å². The molecule has 4 rings (SSSR count). The van der Waals surface area contributed by atoms with Gasteiger partial charge in [0.2, 0.25) is 5.88 Å². The van der Waals surface area contributed by atoms with Crippen molar-refractivity contribution in [1.82, 2.24) is 9.88 Å². The molecule has 0 aliphatic rings. The van der Waals surface area contributed by atoms with Gasteiger partial charge in [-0.2, -0.15) is 0 Å². The molecular formula is C26H22N2O5S. The van der Waals surface area contributed by atoms with Gasteiger partial charge in [-0.15, -0.1) is 0 Å². The number of rotatable bonds is 7. The van der Waals surface area contributed by atoms with Crippen molar-refractivity contribution in [2.45, 2.75) is 13.0 Å². The van der Waals surface area contributed by atoms with Crippen LogP contribution in [0.5, 0.6) is 5.88 Å². The minimum absolute atomic E-state index is 0.0882. The van der Waals surface area contributed by atoms with Gasteiger partial charge in [-0.1, -0.05) is 59.9 Å². The van der Waals surface area contributed by atoms with Crippen molar-refractivity contribution in [2.24, 2.45) is 0 Å². The molecule has 172 valence electrons. The van der Waals surface area contributed by atoms with E-state index in [1.54, 1.807) is 11.9 Å². The van der Waals surface area contributed by atoms with Gasteiger partial charge < -0.3 is 15.1 Å². The molecule has 7 nitrogen and oxygen atoms in total. The van der Waals surface area contributed by atoms with Gasteiger partial charge in [0.25, 0.3) is 5.91 Å². The van der Waals surface area contributed by atoms with E-state index in [0.29, 0.717) is 23.4 Å². The highest BCUT2D eigenvalue weighted by atomic mass is 32.1. The van der Waals surface area contributed by atoms with Gasteiger partial charge in [-0.25, -0.2) is 4.79 Å². The summed E-state index contributed by atoms with van der Waals surface area (Å²) < 4.78 is 0. The van der Waals surface area contributed by atoms with Crippen LogP contribution in [0.15, 0.2) is 77.6 Å².